The molecule has 0 amide bonds. The lowest BCUT2D eigenvalue weighted by atomic mass is 10.2. The zero-order chi connectivity index (χ0) is 15.4. The second-order valence-electron chi connectivity index (χ2n) is 5.21. The summed E-state index contributed by atoms with van der Waals surface area (Å²) in [7, 11) is 0. The van der Waals surface area contributed by atoms with Gasteiger partial charge in [-0.25, -0.2) is 0 Å². The molecule has 1 fully saturated rings. The van der Waals surface area contributed by atoms with E-state index >= 15 is 0 Å². The largest absolute Gasteiger partial charge is 0.379 e. The summed E-state index contributed by atoms with van der Waals surface area (Å²) in [6, 6.07) is 13.9. The highest BCUT2D eigenvalue weighted by Gasteiger charge is 2.14. The van der Waals surface area contributed by atoms with Gasteiger partial charge in [0.05, 0.1) is 24.6 Å². The van der Waals surface area contributed by atoms with Crippen LogP contribution in [0.1, 0.15) is 5.56 Å². The number of para-hydroxylation sites is 2. The average Bonchev–Trinajstić information content (AvgIpc) is 2.55. The molecule has 22 heavy (non-hydrogen) atoms. The molecule has 1 heterocycles. The molecule has 0 atom stereocenters. The van der Waals surface area contributed by atoms with E-state index in [1.807, 2.05) is 18.2 Å². The Hall–Kier alpha value is -1.42. The van der Waals surface area contributed by atoms with Crippen molar-refractivity contribution >= 4 is 34.6 Å². The summed E-state index contributed by atoms with van der Waals surface area (Å²) < 4.78 is 5.43. The summed E-state index contributed by atoms with van der Waals surface area (Å²) in [6.45, 7) is 4.05. The minimum Gasteiger partial charge on any atom is -0.379 e. The minimum absolute atomic E-state index is 0.655. The first kappa shape index (κ1) is 15.5. The zero-order valence-corrected chi connectivity index (χ0v) is 13.7. The van der Waals surface area contributed by atoms with E-state index < -0.39 is 0 Å². The molecule has 5 heteroatoms. The average molecular weight is 337 g/mol. The predicted molar refractivity (Wildman–Crippen MR) is 93.3 cm³/mol. The third-order valence-corrected chi connectivity index (χ3v) is 4.33. The maximum absolute atomic E-state index is 6.23. The number of nitrogens with zero attached hydrogens (tertiary/aromatic N) is 1. The number of anilines is 2. The number of morpholine rings is 1. The van der Waals surface area contributed by atoms with Crippen LogP contribution in [0.4, 0.5) is 11.4 Å². The third-order valence-electron chi connectivity index (χ3n) is 3.74. The van der Waals surface area contributed by atoms with E-state index in [2.05, 4.69) is 28.4 Å². The summed E-state index contributed by atoms with van der Waals surface area (Å²) in [5.74, 6) is 0. The molecule has 3 rings (SSSR count). The lowest BCUT2D eigenvalue weighted by Gasteiger charge is -2.30. The molecule has 3 nitrogen and oxygen atoms in total. The van der Waals surface area contributed by atoms with Crippen molar-refractivity contribution in [3.05, 3.63) is 58.1 Å². The predicted octanol–water partition coefficient (Wildman–Crippen LogP) is 4.44. The Bertz CT molecular complexity index is 642. The Morgan fingerprint density at radius 2 is 1.82 bits per heavy atom. The summed E-state index contributed by atoms with van der Waals surface area (Å²) in [5, 5.41) is 4.82. The minimum atomic E-state index is 0.655. The Morgan fingerprint density at radius 1 is 1.05 bits per heavy atom. The highest BCUT2D eigenvalue weighted by molar-refractivity contribution is 6.35. The van der Waals surface area contributed by atoms with Gasteiger partial charge in [0.15, 0.2) is 0 Å². The topological polar surface area (TPSA) is 24.5 Å². The van der Waals surface area contributed by atoms with Crippen LogP contribution in [0.2, 0.25) is 10.0 Å². The van der Waals surface area contributed by atoms with Gasteiger partial charge in [-0.2, -0.15) is 0 Å². The van der Waals surface area contributed by atoms with Crippen molar-refractivity contribution in [2.24, 2.45) is 0 Å². The lowest BCUT2D eigenvalue weighted by Crippen LogP contribution is -2.36. The maximum atomic E-state index is 6.23. The van der Waals surface area contributed by atoms with Crippen molar-refractivity contribution < 1.29 is 4.74 Å². The normalized spacial score (nSPS) is 14.9. The van der Waals surface area contributed by atoms with E-state index in [0.29, 0.717) is 16.6 Å². The monoisotopic (exact) mass is 336 g/mol. The molecule has 0 spiro atoms. The van der Waals surface area contributed by atoms with Crippen molar-refractivity contribution in [2.75, 3.05) is 36.5 Å². The molecule has 1 N–H and O–H groups in total. The Kier molecular flexibility index (Phi) is 5.08. The molecule has 0 aliphatic carbocycles. The third kappa shape index (κ3) is 3.67. The molecule has 0 radical (unpaired) electrons. The summed E-state index contributed by atoms with van der Waals surface area (Å²) in [5.41, 5.74) is 3.34. The standard InChI is InChI=1S/C17H18Cl2N2O/c18-14-6-5-13(15(19)11-14)12-20-16-3-1-2-4-17(16)21-7-9-22-10-8-21/h1-6,11,20H,7-10,12H2. The van der Waals surface area contributed by atoms with E-state index in [9.17, 15) is 0 Å². The summed E-state index contributed by atoms with van der Waals surface area (Å²) in [6.07, 6.45) is 0. The van der Waals surface area contributed by atoms with Crippen molar-refractivity contribution in [1.29, 1.82) is 0 Å². The quantitative estimate of drug-likeness (QED) is 0.893. The molecule has 116 valence electrons. The number of halogens is 2. The molecule has 0 saturated carbocycles. The van der Waals surface area contributed by atoms with Crippen LogP contribution in [0.3, 0.4) is 0 Å². The van der Waals surface area contributed by atoms with Gasteiger partial charge in [-0.3, -0.25) is 0 Å². The number of rotatable bonds is 4. The van der Waals surface area contributed by atoms with Crippen molar-refractivity contribution in [3.8, 4) is 0 Å². The van der Waals surface area contributed by atoms with E-state index in [0.717, 1.165) is 37.6 Å². The van der Waals surface area contributed by atoms with Crippen LogP contribution in [0, 0.1) is 0 Å². The first-order chi connectivity index (χ1) is 10.7. The van der Waals surface area contributed by atoms with Crippen LogP contribution < -0.4 is 10.2 Å². The van der Waals surface area contributed by atoms with Gasteiger partial charge < -0.3 is 15.0 Å². The zero-order valence-electron chi connectivity index (χ0n) is 12.2. The number of ether oxygens (including phenoxy) is 1. The molecule has 2 aromatic rings. The van der Waals surface area contributed by atoms with Gasteiger partial charge in [-0.15, -0.1) is 0 Å². The van der Waals surface area contributed by atoms with Crippen molar-refractivity contribution in [3.63, 3.8) is 0 Å². The van der Waals surface area contributed by atoms with Gasteiger partial charge in [0.1, 0.15) is 0 Å². The van der Waals surface area contributed by atoms with Crippen LogP contribution >= 0.6 is 23.2 Å². The molecule has 1 aliphatic rings. The first-order valence-corrected chi connectivity index (χ1v) is 8.09. The highest BCUT2D eigenvalue weighted by Crippen LogP contribution is 2.28. The molecule has 0 bridgehead atoms. The summed E-state index contributed by atoms with van der Waals surface area (Å²) in [4.78, 5) is 2.34. The number of nitrogens with one attached hydrogen (secondary N) is 1. The van der Waals surface area contributed by atoms with Crippen LogP contribution in [-0.4, -0.2) is 26.3 Å². The van der Waals surface area contributed by atoms with Gasteiger partial charge in [0, 0.05) is 29.7 Å². The molecular formula is C17H18Cl2N2O. The fourth-order valence-electron chi connectivity index (χ4n) is 2.56. The van der Waals surface area contributed by atoms with E-state index in [-0.39, 0.29) is 0 Å². The van der Waals surface area contributed by atoms with Gasteiger partial charge >= 0.3 is 0 Å². The van der Waals surface area contributed by atoms with Gasteiger partial charge in [-0.1, -0.05) is 41.4 Å². The number of benzene rings is 2. The van der Waals surface area contributed by atoms with E-state index in [1.54, 1.807) is 6.07 Å². The van der Waals surface area contributed by atoms with Gasteiger partial charge in [0.25, 0.3) is 0 Å². The molecular weight excluding hydrogens is 319 g/mol. The fraction of sp³-hybridized carbons (Fsp3) is 0.294. The van der Waals surface area contributed by atoms with Gasteiger partial charge in [0.2, 0.25) is 0 Å². The maximum Gasteiger partial charge on any atom is 0.0642 e. The Balaban J connectivity index is 1.74. The fourth-order valence-corrected chi connectivity index (χ4v) is 3.03. The van der Waals surface area contributed by atoms with Crippen molar-refractivity contribution in [2.45, 2.75) is 6.54 Å². The number of hydrogen-bond acceptors (Lipinski definition) is 3. The van der Waals surface area contributed by atoms with Gasteiger partial charge in [-0.05, 0) is 29.8 Å². The molecule has 1 aliphatic heterocycles. The smallest absolute Gasteiger partial charge is 0.0642 e. The van der Waals surface area contributed by atoms with Crippen molar-refractivity contribution in [1.82, 2.24) is 0 Å². The van der Waals surface area contributed by atoms with Crippen LogP contribution in [-0.2, 0) is 11.3 Å². The molecule has 0 aromatic heterocycles. The lowest BCUT2D eigenvalue weighted by molar-refractivity contribution is 0.123. The van der Waals surface area contributed by atoms with Crippen LogP contribution in [0.25, 0.3) is 0 Å². The SMILES string of the molecule is Clc1ccc(CNc2ccccc2N2CCOCC2)c(Cl)c1. The number of hydrogen-bond donors (Lipinski definition) is 1. The Labute approximate surface area is 140 Å². The second-order valence-corrected chi connectivity index (χ2v) is 6.05. The molecule has 0 unspecified atom stereocenters. The van der Waals surface area contributed by atoms with Crippen LogP contribution in [0.15, 0.2) is 42.5 Å². The molecule has 1 saturated heterocycles. The highest BCUT2D eigenvalue weighted by atomic mass is 35.5. The first-order valence-electron chi connectivity index (χ1n) is 7.33. The summed E-state index contributed by atoms with van der Waals surface area (Å²) >= 11 is 12.2. The molecule has 2 aromatic carbocycles. The second kappa shape index (κ2) is 7.23. The van der Waals surface area contributed by atoms with E-state index in [1.165, 1.54) is 5.69 Å². The Morgan fingerprint density at radius 3 is 2.59 bits per heavy atom. The van der Waals surface area contributed by atoms with Crippen LogP contribution in [0.5, 0.6) is 0 Å². The van der Waals surface area contributed by atoms with E-state index in [4.69, 9.17) is 27.9 Å².